The number of hydrogen-bond acceptors (Lipinski definition) is 5. The smallest absolute Gasteiger partial charge is 0.265 e. The molecule has 1 amide bonds. The van der Waals surface area contributed by atoms with Gasteiger partial charge < -0.3 is 14.5 Å². The van der Waals surface area contributed by atoms with E-state index in [-0.39, 0.29) is 11.3 Å². The summed E-state index contributed by atoms with van der Waals surface area (Å²) in [4.78, 5) is 25.4. The fourth-order valence-electron chi connectivity index (χ4n) is 2.73. The van der Waals surface area contributed by atoms with Crippen molar-refractivity contribution in [3.8, 4) is 17.1 Å². The number of hydrogen-bond donors (Lipinski definition) is 1. The maximum Gasteiger partial charge on any atom is 0.265 e. The first-order chi connectivity index (χ1) is 13.1. The molecule has 2 heterocycles. The van der Waals surface area contributed by atoms with Gasteiger partial charge in [0, 0.05) is 17.3 Å². The van der Waals surface area contributed by atoms with Crippen LogP contribution in [0.15, 0.2) is 75.3 Å². The van der Waals surface area contributed by atoms with E-state index in [1.54, 1.807) is 31.4 Å². The highest BCUT2D eigenvalue weighted by atomic mass is 32.1. The topological polar surface area (TPSA) is 68.5 Å². The molecule has 0 bridgehead atoms. The maximum atomic E-state index is 12.6. The zero-order chi connectivity index (χ0) is 18.8. The molecule has 4 rings (SSSR count). The third kappa shape index (κ3) is 3.47. The second kappa shape index (κ2) is 7.09. The minimum atomic E-state index is -0.205. The van der Waals surface area contributed by atoms with Gasteiger partial charge in [0.2, 0.25) is 0 Å². The highest BCUT2D eigenvalue weighted by Gasteiger charge is 2.11. The van der Waals surface area contributed by atoms with Crippen molar-refractivity contribution >= 4 is 33.9 Å². The molecule has 0 aliphatic carbocycles. The van der Waals surface area contributed by atoms with Crippen molar-refractivity contribution in [2.75, 3.05) is 12.4 Å². The van der Waals surface area contributed by atoms with E-state index in [9.17, 15) is 9.59 Å². The van der Waals surface area contributed by atoms with Gasteiger partial charge in [0.15, 0.2) is 5.43 Å². The van der Waals surface area contributed by atoms with Gasteiger partial charge in [-0.2, -0.15) is 0 Å². The van der Waals surface area contributed by atoms with Crippen molar-refractivity contribution in [3.63, 3.8) is 0 Å². The Labute approximate surface area is 158 Å². The molecular formula is C21H15NO4S. The van der Waals surface area contributed by atoms with Crippen LogP contribution in [0.1, 0.15) is 9.67 Å². The maximum absolute atomic E-state index is 12.6. The third-order valence-corrected chi connectivity index (χ3v) is 4.97. The summed E-state index contributed by atoms with van der Waals surface area (Å²) >= 11 is 1.36. The Kier molecular flexibility index (Phi) is 4.48. The van der Waals surface area contributed by atoms with Crippen LogP contribution in [0.25, 0.3) is 22.3 Å². The average molecular weight is 377 g/mol. The molecule has 2 aromatic heterocycles. The van der Waals surface area contributed by atoms with Crippen LogP contribution in [0.3, 0.4) is 0 Å². The van der Waals surface area contributed by atoms with Crippen molar-refractivity contribution in [2.45, 2.75) is 0 Å². The molecule has 2 aromatic carbocycles. The number of carbonyl (C=O) groups is 1. The van der Waals surface area contributed by atoms with Crippen LogP contribution in [-0.4, -0.2) is 13.0 Å². The molecule has 0 saturated heterocycles. The molecule has 0 atom stereocenters. The standard InChI is InChI=1S/C21H15NO4S/c1-25-15-7-4-13(5-8-15)19-12-17(23)16-11-14(6-9-18(16)26-19)22-21(24)20-3-2-10-27-20/h2-12H,1H3,(H,22,24). The summed E-state index contributed by atoms with van der Waals surface area (Å²) in [6.45, 7) is 0. The summed E-state index contributed by atoms with van der Waals surface area (Å²) in [6.07, 6.45) is 0. The lowest BCUT2D eigenvalue weighted by Crippen LogP contribution is -2.10. The zero-order valence-corrected chi connectivity index (χ0v) is 15.2. The number of thiophene rings is 1. The van der Waals surface area contributed by atoms with Gasteiger partial charge in [0.25, 0.3) is 5.91 Å². The van der Waals surface area contributed by atoms with Crippen LogP contribution in [0.5, 0.6) is 5.75 Å². The Bertz CT molecular complexity index is 1160. The van der Waals surface area contributed by atoms with E-state index in [1.807, 2.05) is 35.7 Å². The van der Waals surface area contributed by atoms with Gasteiger partial charge in [-0.25, -0.2) is 0 Å². The molecule has 6 heteroatoms. The van der Waals surface area contributed by atoms with Crippen molar-refractivity contribution in [1.29, 1.82) is 0 Å². The summed E-state index contributed by atoms with van der Waals surface area (Å²) in [5.41, 5.74) is 1.62. The number of nitrogens with one attached hydrogen (secondary N) is 1. The van der Waals surface area contributed by atoms with Crippen molar-refractivity contribution < 1.29 is 13.9 Å². The molecule has 4 aromatic rings. The summed E-state index contributed by atoms with van der Waals surface area (Å²) in [5.74, 6) is 1.00. The van der Waals surface area contributed by atoms with Crippen molar-refractivity contribution in [3.05, 3.63) is 81.1 Å². The average Bonchev–Trinajstić information content (AvgIpc) is 3.23. The van der Waals surface area contributed by atoms with E-state index in [0.29, 0.717) is 27.3 Å². The normalized spacial score (nSPS) is 10.7. The zero-order valence-electron chi connectivity index (χ0n) is 14.4. The number of ether oxygens (including phenoxy) is 1. The molecule has 1 N–H and O–H groups in total. The van der Waals surface area contributed by atoms with Crippen molar-refractivity contribution in [2.24, 2.45) is 0 Å². The van der Waals surface area contributed by atoms with E-state index < -0.39 is 0 Å². The minimum absolute atomic E-state index is 0.172. The lowest BCUT2D eigenvalue weighted by atomic mass is 10.1. The number of rotatable bonds is 4. The quantitative estimate of drug-likeness (QED) is 0.556. The molecule has 134 valence electrons. The molecule has 0 spiro atoms. The van der Waals surface area contributed by atoms with Crippen LogP contribution in [0.2, 0.25) is 0 Å². The van der Waals surface area contributed by atoms with Crippen LogP contribution in [0.4, 0.5) is 5.69 Å². The van der Waals surface area contributed by atoms with E-state index >= 15 is 0 Å². The highest BCUT2D eigenvalue weighted by molar-refractivity contribution is 7.12. The monoisotopic (exact) mass is 377 g/mol. The first-order valence-corrected chi connectivity index (χ1v) is 9.09. The Morgan fingerprint density at radius 3 is 2.59 bits per heavy atom. The van der Waals surface area contributed by atoms with E-state index in [1.165, 1.54) is 17.4 Å². The van der Waals surface area contributed by atoms with Gasteiger partial charge in [-0.05, 0) is 53.9 Å². The molecular weight excluding hydrogens is 362 g/mol. The van der Waals surface area contributed by atoms with Gasteiger partial charge in [-0.15, -0.1) is 11.3 Å². The summed E-state index contributed by atoms with van der Waals surface area (Å²) < 4.78 is 11.0. The molecule has 5 nitrogen and oxygen atoms in total. The van der Waals surface area contributed by atoms with Gasteiger partial charge in [-0.1, -0.05) is 6.07 Å². The van der Waals surface area contributed by atoms with Crippen molar-refractivity contribution in [1.82, 2.24) is 0 Å². The molecule has 0 radical (unpaired) electrons. The van der Waals surface area contributed by atoms with Crippen LogP contribution in [-0.2, 0) is 0 Å². The van der Waals surface area contributed by atoms with Gasteiger partial charge in [-0.3, -0.25) is 9.59 Å². The number of fused-ring (bicyclic) bond motifs is 1. The highest BCUT2D eigenvalue weighted by Crippen LogP contribution is 2.26. The predicted molar refractivity (Wildman–Crippen MR) is 107 cm³/mol. The summed E-state index contributed by atoms with van der Waals surface area (Å²) in [6, 6.07) is 17.3. The number of amides is 1. The van der Waals surface area contributed by atoms with E-state index in [0.717, 1.165) is 11.3 Å². The predicted octanol–water partition coefficient (Wildman–Crippen LogP) is 4.78. The fourth-order valence-corrected chi connectivity index (χ4v) is 3.35. The summed E-state index contributed by atoms with van der Waals surface area (Å²) in [5, 5.41) is 5.05. The second-order valence-corrected chi connectivity index (χ2v) is 6.79. The second-order valence-electron chi connectivity index (χ2n) is 5.85. The Morgan fingerprint density at radius 1 is 1.07 bits per heavy atom. The number of carbonyl (C=O) groups excluding carboxylic acids is 1. The van der Waals surface area contributed by atoms with E-state index in [4.69, 9.17) is 9.15 Å². The first-order valence-electron chi connectivity index (χ1n) is 8.21. The lowest BCUT2D eigenvalue weighted by Gasteiger charge is -2.07. The Balaban J connectivity index is 1.67. The van der Waals surface area contributed by atoms with Gasteiger partial charge >= 0.3 is 0 Å². The molecule has 0 fully saturated rings. The minimum Gasteiger partial charge on any atom is -0.497 e. The lowest BCUT2D eigenvalue weighted by molar-refractivity contribution is 0.103. The van der Waals surface area contributed by atoms with E-state index in [2.05, 4.69) is 5.32 Å². The summed E-state index contributed by atoms with van der Waals surface area (Å²) in [7, 11) is 1.60. The largest absolute Gasteiger partial charge is 0.497 e. The van der Waals surface area contributed by atoms with Gasteiger partial charge in [0.1, 0.15) is 17.1 Å². The Hall–Kier alpha value is -3.38. The molecule has 27 heavy (non-hydrogen) atoms. The number of benzene rings is 2. The Morgan fingerprint density at radius 2 is 1.89 bits per heavy atom. The third-order valence-electron chi connectivity index (χ3n) is 4.10. The molecule has 0 aliphatic heterocycles. The van der Waals surface area contributed by atoms with Crippen LogP contribution >= 0.6 is 11.3 Å². The SMILES string of the molecule is COc1ccc(-c2cc(=O)c3cc(NC(=O)c4cccs4)ccc3o2)cc1. The first kappa shape index (κ1) is 17.1. The van der Waals surface area contributed by atoms with Crippen LogP contribution in [0, 0.1) is 0 Å². The molecule has 0 saturated carbocycles. The van der Waals surface area contributed by atoms with Gasteiger partial charge in [0.05, 0.1) is 17.4 Å². The number of anilines is 1. The molecule has 0 unspecified atom stereocenters. The van der Waals surface area contributed by atoms with Crippen LogP contribution < -0.4 is 15.5 Å². The fraction of sp³-hybridized carbons (Fsp3) is 0.0476. The molecule has 0 aliphatic rings. The number of methoxy groups -OCH3 is 1.